The average molecular weight is 326 g/mol. The Morgan fingerprint density at radius 3 is 2.62 bits per heavy atom. The Morgan fingerprint density at radius 2 is 1.88 bits per heavy atom. The first-order valence-electron chi connectivity index (χ1n) is 7.93. The lowest BCUT2D eigenvalue weighted by molar-refractivity contribution is 0.245. The molecule has 4 heterocycles. The first-order valence-corrected chi connectivity index (χ1v) is 7.93. The molecule has 0 saturated carbocycles. The molecule has 0 unspecified atom stereocenters. The van der Waals surface area contributed by atoms with Crippen molar-refractivity contribution in [1.82, 2.24) is 24.4 Å². The van der Waals surface area contributed by atoms with Gasteiger partial charge in [0, 0.05) is 57.3 Å². The van der Waals surface area contributed by atoms with Gasteiger partial charge in [-0.25, -0.2) is 15.0 Å². The van der Waals surface area contributed by atoms with E-state index in [-0.39, 0.29) is 5.56 Å². The predicted octanol–water partition coefficient (Wildman–Crippen LogP) is 0.708. The van der Waals surface area contributed by atoms with Gasteiger partial charge < -0.3 is 9.42 Å². The molecule has 8 heteroatoms. The van der Waals surface area contributed by atoms with Crippen LogP contribution in [0.5, 0.6) is 0 Å². The quantitative estimate of drug-likeness (QED) is 0.701. The average Bonchev–Trinajstić information content (AvgIpc) is 2.97. The minimum Gasteiger partial charge on any atom is -0.375 e. The lowest BCUT2D eigenvalue weighted by atomic mass is 10.3. The van der Waals surface area contributed by atoms with Crippen molar-refractivity contribution in [1.29, 1.82) is 0 Å². The summed E-state index contributed by atoms with van der Waals surface area (Å²) in [6, 6.07) is 5.13. The summed E-state index contributed by atoms with van der Waals surface area (Å²) in [6.45, 7) is 5.93. The van der Waals surface area contributed by atoms with Gasteiger partial charge >= 0.3 is 0 Å². The molecule has 24 heavy (non-hydrogen) atoms. The highest BCUT2D eigenvalue weighted by atomic mass is 16.5. The largest absolute Gasteiger partial charge is 0.375 e. The van der Waals surface area contributed by atoms with Gasteiger partial charge in [0.2, 0.25) is 5.95 Å². The highest BCUT2D eigenvalue weighted by molar-refractivity contribution is 5.37. The van der Waals surface area contributed by atoms with Gasteiger partial charge in [0.15, 0.2) is 5.65 Å². The molecule has 1 aliphatic heterocycles. The van der Waals surface area contributed by atoms with E-state index in [0.717, 1.165) is 37.8 Å². The zero-order valence-electron chi connectivity index (χ0n) is 13.4. The fraction of sp³-hybridized carbons (Fsp3) is 0.375. The van der Waals surface area contributed by atoms with Crippen molar-refractivity contribution in [3.05, 3.63) is 52.4 Å². The molecular formula is C16H18N6O2. The summed E-state index contributed by atoms with van der Waals surface area (Å²) in [6.07, 6.45) is 3.52. The normalized spacial score (nSPS) is 16.0. The van der Waals surface area contributed by atoms with E-state index >= 15 is 0 Å². The maximum absolute atomic E-state index is 12.1. The van der Waals surface area contributed by atoms with Crippen LogP contribution in [0.4, 0.5) is 5.95 Å². The van der Waals surface area contributed by atoms with E-state index in [1.165, 1.54) is 4.57 Å². The van der Waals surface area contributed by atoms with E-state index in [1.54, 1.807) is 31.5 Å². The van der Waals surface area contributed by atoms with Crippen LogP contribution in [0.25, 0.3) is 5.65 Å². The van der Waals surface area contributed by atoms with Gasteiger partial charge in [0.25, 0.3) is 5.56 Å². The monoisotopic (exact) mass is 326 g/mol. The Hall–Kier alpha value is -2.74. The summed E-state index contributed by atoms with van der Waals surface area (Å²) in [5, 5.41) is 0. The van der Waals surface area contributed by atoms with Gasteiger partial charge in [-0.2, -0.15) is 0 Å². The van der Waals surface area contributed by atoms with Crippen molar-refractivity contribution >= 4 is 11.6 Å². The third kappa shape index (κ3) is 2.88. The number of fused-ring (bicyclic) bond motifs is 1. The van der Waals surface area contributed by atoms with Crippen LogP contribution in [0.15, 0.2) is 39.9 Å². The van der Waals surface area contributed by atoms with E-state index in [1.807, 2.05) is 6.07 Å². The lowest BCUT2D eigenvalue weighted by Crippen LogP contribution is -2.46. The standard InChI is InChI=1S/C16H18N6O2/c1-12-9-14-19-13(10-15(23)22(14)24-12)11-20-5-7-21(8-6-20)16-17-3-2-4-18-16/h2-4,9-10H,5-8,11H2,1H3. The summed E-state index contributed by atoms with van der Waals surface area (Å²) >= 11 is 0. The zero-order valence-corrected chi connectivity index (χ0v) is 13.4. The number of hydrogen-bond acceptors (Lipinski definition) is 7. The summed E-state index contributed by atoms with van der Waals surface area (Å²) in [5.74, 6) is 1.44. The topological polar surface area (TPSA) is 79.8 Å². The molecule has 124 valence electrons. The van der Waals surface area contributed by atoms with Gasteiger partial charge in [0.05, 0.1) is 5.69 Å². The van der Waals surface area contributed by atoms with Crippen LogP contribution in [0.3, 0.4) is 0 Å². The molecule has 3 aromatic rings. The Balaban J connectivity index is 1.45. The highest BCUT2D eigenvalue weighted by Crippen LogP contribution is 2.12. The van der Waals surface area contributed by atoms with Crippen LogP contribution < -0.4 is 10.5 Å². The van der Waals surface area contributed by atoms with Crippen LogP contribution >= 0.6 is 0 Å². The number of anilines is 1. The fourth-order valence-electron chi connectivity index (χ4n) is 2.94. The summed E-state index contributed by atoms with van der Waals surface area (Å²) in [4.78, 5) is 29.6. The van der Waals surface area contributed by atoms with Gasteiger partial charge in [0.1, 0.15) is 5.76 Å². The van der Waals surface area contributed by atoms with E-state index < -0.39 is 0 Å². The molecular weight excluding hydrogens is 308 g/mol. The number of aryl methyl sites for hydroxylation is 1. The summed E-state index contributed by atoms with van der Waals surface area (Å²) in [5.41, 5.74) is 1.15. The maximum Gasteiger partial charge on any atom is 0.287 e. The molecule has 1 fully saturated rings. The molecule has 1 aliphatic rings. The summed E-state index contributed by atoms with van der Waals surface area (Å²) < 4.78 is 6.54. The Labute approximate surface area is 138 Å². The number of rotatable bonds is 3. The minimum absolute atomic E-state index is 0.181. The third-order valence-electron chi connectivity index (χ3n) is 4.12. The summed E-state index contributed by atoms with van der Waals surface area (Å²) in [7, 11) is 0. The van der Waals surface area contributed by atoms with Crippen LogP contribution in [0, 0.1) is 6.92 Å². The van der Waals surface area contributed by atoms with Crippen molar-refractivity contribution < 1.29 is 4.52 Å². The van der Waals surface area contributed by atoms with Gasteiger partial charge in [-0.1, -0.05) is 0 Å². The number of hydrogen-bond donors (Lipinski definition) is 0. The Bertz CT molecular complexity index is 896. The molecule has 1 saturated heterocycles. The van der Waals surface area contributed by atoms with E-state index in [2.05, 4.69) is 24.8 Å². The molecule has 0 atom stereocenters. The number of nitrogens with zero attached hydrogens (tertiary/aromatic N) is 6. The minimum atomic E-state index is -0.181. The first kappa shape index (κ1) is 14.8. The van der Waals surface area contributed by atoms with Crippen molar-refractivity contribution in [3.8, 4) is 0 Å². The third-order valence-corrected chi connectivity index (χ3v) is 4.12. The zero-order chi connectivity index (χ0) is 16.5. The molecule has 4 rings (SSSR count). The van der Waals surface area contributed by atoms with Crippen molar-refractivity contribution in [2.24, 2.45) is 0 Å². The highest BCUT2D eigenvalue weighted by Gasteiger charge is 2.19. The second kappa shape index (κ2) is 6.04. The van der Waals surface area contributed by atoms with Crippen molar-refractivity contribution in [3.63, 3.8) is 0 Å². The molecule has 0 radical (unpaired) electrons. The van der Waals surface area contributed by atoms with E-state index in [4.69, 9.17) is 4.52 Å². The van der Waals surface area contributed by atoms with Crippen molar-refractivity contribution in [2.45, 2.75) is 13.5 Å². The molecule has 8 nitrogen and oxygen atoms in total. The van der Waals surface area contributed by atoms with Crippen LogP contribution in [0.2, 0.25) is 0 Å². The molecule has 0 amide bonds. The first-order chi connectivity index (χ1) is 11.7. The molecule has 0 N–H and O–H groups in total. The van der Waals surface area contributed by atoms with Gasteiger partial charge in [-0.3, -0.25) is 9.69 Å². The maximum atomic E-state index is 12.1. The Kier molecular flexibility index (Phi) is 3.73. The van der Waals surface area contributed by atoms with Crippen LogP contribution in [-0.4, -0.2) is 50.6 Å². The molecule has 0 aromatic carbocycles. The van der Waals surface area contributed by atoms with Crippen LogP contribution in [0.1, 0.15) is 11.5 Å². The van der Waals surface area contributed by atoms with E-state index in [0.29, 0.717) is 18.0 Å². The fourth-order valence-corrected chi connectivity index (χ4v) is 2.94. The van der Waals surface area contributed by atoms with Gasteiger partial charge in [-0.15, -0.1) is 4.57 Å². The second-order valence-electron chi connectivity index (χ2n) is 5.90. The molecule has 3 aromatic heterocycles. The van der Waals surface area contributed by atoms with Crippen LogP contribution in [-0.2, 0) is 6.54 Å². The molecule has 0 aliphatic carbocycles. The SMILES string of the molecule is Cc1cc2nc(CN3CCN(c4ncccn4)CC3)cc(=O)n2o1. The molecule has 0 spiro atoms. The number of piperazine rings is 1. The second-order valence-corrected chi connectivity index (χ2v) is 5.90. The van der Waals surface area contributed by atoms with E-state index in [9.17, 15) is 4.79 Å². The smallest absolute Gasteiger partial charge is 0.287 e. The lowest BCUT2D eigenvalue weighted by Gasteiger charge is -2.34. The van der Waals surface area contributed by atoms with Crippen molar-refractivity contribution in [2.75, 3.05) is 31.1 Å². The molecule has 0 bridgehead atoms. The number of aromatic nitrogens is 4. The Morgan fingerprint density at radius 1 is 1.12 bits per heavy atom. The van der Waals surface area contributed by atoms with Gasteiger partial charge in [-0.05, 0) is 13.0 Å². The predicted molar refractivity (Wildman–Crippen MR) is 88.0 cm³/mol.